The van der Waals surface area contributed by atoms with Crippen LogP contribution in [-0.4, -0.2) is 26.0 Å². The SMILES string of the molecule is COc1cccc(N(C)C2CCC(C)(C)CC2)c1C(C)=O. The molecule has 1 fully saturated rings. The molecule has 0 bridgehead atoms. The second-order valence-corrected chi connectivity index (χ2v) is 6.92. The molecule has 0 amide bonds. The molecular weight excluding hydrogens is 262 g/mol. The first kappa shape index (κ1) is 15.9. The number of hydrogen-bond donors (Lipinski definition) is 0. The summed E-state index contributed by atoms with van der Waals surface area (Å²) in [5, 5.41) is 0. The lowest BCUT2D eigenvalue weighted by molar-refractivity contribution is 0.101. The maximum atomic E-state index is 12.0. The lowest BCUT2D eigenvalue weighted by Gasteiger charge is -2.40. The van der Waals surface area contributed by atoms with E-state index in [-0.39, 0.29) is 5.78 Å². The zero-order valence-electron chi connectivity index (χ0n) is 13.9. The molecule has 0 atom stereocenters. The number of hydrogen-bond acceptors (Lipinski definition) is 3. The van der Waals surface area contributed by atoms with Crippen LogP contribution in [-0.2, 0) is 0 Å². The minimum Gasteiger partial charge on any atom is -0.496 e. The highest BCUT2D eigenvalue weighted by Crippen LogP contribution is 2.39. The first-order chi connectivity index (χ1) is 9.85. The van der Waals surface area contributed by atoms with Crippen molar-refractivity contribution in [2.24, 2.45) is 5.41 Å². The highest BCUT2D eigenvalue weighted by molar-refractivity contribution is 6.02. The standard InChI is InChI=1S/C18H27NO2/c1-13(20)17-15(7-6-8-16(17)21-5)19(4)14-9-11-18(2,3)12-10-14/h6-8,14H,9-12H2,1-5H3. The molecule has 0 unspecified atom stereocenters. The van der Waals surface area contributed by atoms with Crippen LogP contribution in [0.5, 0.6) is 5.75 Å². The van der Waals surface area contributed by atoms with Crippen LogP contribution in [0, 0.1) is 5.41 Å². The fourth-order valence-corrected chi connectivity index (χ4v) is 3.31. The van der Waals surface area contributed by atoms with Crippen LogP contribution in [0.25, 0.3) is 0 Å². The van der Waals surface area contributed by atoms with Crippen LogP contribution in [0.1, 0.15) is 56.8 Å². The second kappa shape index (κ2) is 6.08. The zero-order chi connectivity index (χ0) is 15.6. The molecule has 1 aliphatic rings. The average Bonchev–Trinajstić information content (AvgIpc) is 2.45. The third-order valence-electron chi connectivity index (χ3n) is 4.81. The van der Waals surface area contributed by atoms with E-state index in [0.29, 0.717) is 22.8 Å². The zero-order valence-corrected chi connectivity index (χ0v) is 13.9. The van der Waals surface area contributed by atoms with Gasteiger partial charge in [0.05, 0.1) is 18.4 Å². The van der Waals surface area contributed by atoms with Gasteiger partial charge in [-0.25, -0.2) is 0 Å². The van der Waals surface area contributed by atoms with Crippen molar-refractivity contribution in [2.75, 3.05) is 19.1 Å². The Bertz CT molecular complexity index is 512. The second-order valence-electron chi connectivity index (χ2n) is 6.92. The van der Waals surface area contributed by atoms with Crippen molar-refractivity contribution in [1.82, 2.24) is 0 Å². The molecule has 0 spiro atoms. The number of benzene rings is 1. The number of Topliss-reactive ketones (excluding diaryl/α,β-unsaturated/α-hetero) is 1. The van der Waals surface area contributed by atoms with E-state index in [4.69, 9.17) is 4.74 Å². The number of ether oxygens (including phenoxy) is 1. The molecular formula is C18H27NO2. The molecule has 0 radical (unpaired) electrons. The fourth-order valence-electron chi connectivity index (χ4n) is 3.31. The summed E-state index contributed by atoms with van der Waals surface area (Å²) in [5.41, 5.74) is 2.15. The van der Waals surface area contributed by atoms with Gasteiger partial charge in [-0.1, -0.05) is 19.9 Å². The Hall–Kier alpha value is -1.51. The van der Waals surface area contributed by atoms with Gasteiger partial charge in [-0.3, -0.25) is 4.79 Å². The molecule has 3 heteroatoms. The first-order valence-electron chi connectivity index (χ1n) is 7.76. The Morgan fingerprint density at radius 3 is 2.43 bits per heavy atom. The van der Waals surface area contributed by atoms with Crippen molar-refractivity contribution in [3.05, 3.63) is 23.8 Å². The molecule has 2 rings (SSSR count). The number of rotatable bonds is 4. The van der Waals surface area contributed by atoms with Gasteiger partial charge in [0.25, 0.3) is 0 Å². The molecule has 0 saturated heterocycles. The van der Waals surface area contributed by atoms with Crippen LogP contribution < -0.4 is 9.64 Å². The van der Waals surface area contributed by atoms with Crippen molar-refractivity contribution in [3.63, 3.8) is 0 Å². The van der Waals surface area contributed by atoms with E-state index < -0.39 is 0 Å². The van der Waals surface area contributed by atoms with Gasteiger partial charge in [0, 0.05) is 13.1 Å². The smallest absolute Gasteiger partial charge is 0.165 e. The van der Waals surface area contributed by atoms with Crippen molar-refractivity contribution < 1.29 is 9.53 Å². The van der Waals surface area contributed by atoms with Crippen LogP contribution in [0.15, 0.2) is 18.2 Å². The van der Waals surface area contributed by atoms with Crippen molar-refractivity contribution in [3.8, 4) is 5.75 Å². The Labute approximate surface area is 128 Å². The maximum Gasteiger partial charge on any atom is 0.165 e. The number of methoxy groups -OCH3 is 1. The summed E-state index contributed by atoms with van der Waals surface area (Å²) in [5.74, 6) is 0.730. The summed E-state index contributed by atoms with van der Waals surface area (Å²) < 4.78 is 5.37. The molecule has 0 heterocycles. The molecule has 1 saturated carbocycles. The molecule has 1 aromatic carbocycles. The average molecular weight is 289 g/mol. The van der Waals surface area contributed by atoms with Gasteiger partial charge >= 0.3 is 0 Å². The Morgan fingerprint density at radius 1 is 1.29 bits per heavy atom. The van der Waals surface area contributed by atoms with Crippen molar-refractivity contribution in [2.45, 2.75) is 52.5 Å². The molecule has 1 aliphatic carbocycles. The molecule has 0 N–H and O–H groups in total. The normalized spacial score (nSPS) is 18.3. The number of carbonyl (C=O) groups excluding carboxylic acids is 1. The van der Waals surface area contributed by atoms with E-state index >= 15 is 0 Å². The van der Waals surface area contributed by atoms with E-state index in [2.05, 4.69) is 25.8 Å². The monoisotopic (exact) mass is 289 g/mol. The molecule has 1 aromatic rings. The van der Waals surface area contributed by atoms with Gasteiger partial charge in [-0.05, 0) is 50.2 Å². The van der Waals surface area contributed by atoms with Gasteiger partial charge in [0.1, 0.15) is 5.75 Å². The summed E-state index contributed by atoms with van der Waals surface area (Å²) >= 11 is 0. The molecule has 0 aromatic heterocycles. The lowest BCUT2D eigenvalue weighted by Crippen LogP contribution is -2.37. The third kappa shape index (κ3) is 3.39. The molecule has 21 heavy (non-hydrogen) atoms. The van der Waals surface area contributed by atoms with E-state index in [9.17, 15) is 4.79 Å². The van der Waals surface area contributed by atoms with E-state index in [1.54, 1.807) is 14.0 Å². The highest BCUT2D eigenvalue weighted by Gasteiger charge is 2.30. The van der Waals surface area contributed by atoms with E-state index in [1.165, 1.54) is 25.7 Å². The summed E-state index contributed by atoms with van der Waals surface area (Å²) in [6.07, 6.45) is 4.83. The third-order valence-corrected chi connectivity index (χ3v) is 4.81. The lowest BCUT2D eigenvalue weighted by atomic mass is 9.75. The molecule has 116 valence electrons. The summed E-state index contributed by atoms with van der Waals surface area (Å²) in [6.45, 7) is 6.30. The minimum atomic E-state index is 0.0606. The Morgan fingerprint density at radius 2 is 1.90 bits per heavy atom. The van der Waals surface area contributed by atoms with E-state index in [1.807, 2.05) is 18.2 Å². The Kier molecular flexibility index (Phi) is 4.60. The van der Waals surface area contributed by atoms with Gasteiger partial charge in [0.15, 0.2) is 5.78 Å². The van der Waals surface area contributed by atoms with Gasteiger partial charge < -0.3 is 9.64 Å². The van der Waals surface area contributed by atoms with Crippen molar-refractivity contribution >= 4 is 11.5 Å². The van der Waals surface area contributed by atoms with Gasteiger partial charge in [0.2, 0.25) is 0 Å². The minimum absolute atomic E-state index is 0.0606. The fraction of sp³-hybridized carbons (Fsp3) is 0.611. The number of carbonyl (C=O) groups is 1. The van der Waals surface area contributed by atoms with Crippen LogP contribution in [0.4, 0.5) is 5.69 Å². The summed E-state index contributed by atoms with van der Waals surface area (Å²) in [4.78, 5) is 14.3. The van der Waals surface area contributed by atoms with Crippen LogP contribution in [0.3, 0.4) is 0 Å². The predicted molar refractivity (Wildman–Crippen MR) is 87.4 cm³/mol. The molecule has 0 aliphatic heterocycles. The van der Waals surface area contributed by atoms with Crippen molar-refractivity contribution in [1.29, 1.82) is 0 Å². The number of ketones is 1. The first-order valence-corrected chi connectivity index (χ1v) is 7.76. The molecule has 3 nitrogen and oxygen atoms in total. The van der Waals surface area contributed by atoms with Gasteiger partial charge in [-0.2, -0.15) is 0 Å². The van der Waals surface area contributed by atoms with Gasteiger partial charge in [-0.15, -0.1) is 0 Å². The number of anilines is 1. The maximum absolute atomic E-state index is 12.0. The number of nitrogens with zero attached hydrogens (tertiary/aromatic N) is 1. The van der Waals surface area contributed by atoms with Crippen LogP contribution >= 0.6 is 0 Å². The van der Waals surface area contributed by atoms with Crippen LogP contribution in [0.2, 0.25) is 0 Å². The quantitative estimate of drug-likeness (QED) is 0.774. The van der Waals surface area contributed by atoms with E-state index in [0.717, 1.165) is 5.69 Å². The largest absolute Gasteiger partial charge is 0.496 e. The summed E-state index contributed by atoms with van der Waals surface area (Å²) in [6, 6.07) is 6.35. The highest BCUT2D eigenvalue weighted by atomic mass is 16.5. The predicted octanol–water partition coefficient (Wildman–Crippen LogP) is 4.30. The Balaban J connectivity index is 2.27. The summed E-state index contributed by atoms with van der Waals surface area (Å²) in [7, 11) is 3.72. The topological polar surface area (TPSA) is 29.5 Å².